The van der Waals surface area contributed by atoms with Gasteiger partial charge in [0.15, 0.2) is 0 Å². The van der Waals surface area contributed by atoms with Crippen molar-refractivity contribution in [3.05, 3.63) is 101 Å². The summed E-state index contributed by atoms with van der Waals surface area (Å²) in [4.78, 5) is 25.4. The van der Waals surface area contributed by atoms with Crippen molar-refractivity contribution < 1.29 is 18.7 Å². The predicted molar refractivity (Wildman–Crippen MR) is 110 cm³/mol. The van der Waals surface area contributed by atoms with Crippen LogP contribution in [0.5, 0.6) is 0 Å². The summed E-state index contributed by atoms with van der Waals surface area (Å²) in [7, 11) is 0. The average molecular weight is 391 g/mol. The summed E-state index contributed by atoms with van der Waals surface area (Å²) in [6.45, 7) is 3.81. The zero-order chi connectivity index (χ0) is 20.8. The molecule has 0 saturated carbocycles. The van der Waals surface area contributed by atoms with Crippen molar-refractivity contribution in [2.24, 2.45) is 0 Å². The van der Waals surface area contributed by atoms with Gasteiger partial charge in [0.1, 0.15) is 5.82 Å². The third-order valence-corrected chi connectivity index (χ3v) is 4.53. The Bertz CT molecular complexity index is 1020. The molecule has 1 atom stereocenters. The molecule has 0 aliphatic rings. The number of esters is 1. The minimum absolute atomic E-state index is 0.222. The summed E-state index contributed by atoms with van der Waals surface area (Å²) in [6.07, 6.45) is -1.40. The monoisotopic (exact) mass is 391 g/mol. The van der Waals surface area contributed by atoms with Crippen molar-refractivity contribution in [3.8, 4) is 0 Å². The van der Waals surface area contributed by atoms with Crippen molar-refractivity contribution >= 4 is 17.6 Å². The van der Waals surface area contributed by atoms with E-state index in [1.165, 1.54) is 12.1 Å². The van der Waals surface area contributed by atoms with Gasteiger partial charge < -0.3 is 10.1 Å². The number of aryl methyl sites for hydroxylation is 2. The summed E-state index contributed by atoms with van der Waals surface area (Å²) in [5, 5.41) is 2.84. The number of hydrogen-bond acceptors (Lipinski definition) is 3. The number of halogens is 1. The van der Waals surface area contributed by atoms with Crippen LogP contribution in [-0.4, -0.2) is 11.9 Å². The lowest BCUT2D eigenvalue weighted by Crippen LogP contribution is -2.27. The van der Waals surface area contributed by atoms with Crippen molar-refractivity contribution in [2.45, 2.75) is 26.4 Å². The Morgan fingerprint density at radius 2 is 1.66 bits per heavy atom. The first-order valence-electron chi connectivity index (χ1n) is 9.30. The highest BCUT2D eigenvalue weighted by atomic mass is 19.1. The molecule has 5 heteroatoms. The largest absolute Gasteiger partial charge is 0.447 e. The van der Waals surface area contributed by atoms with E-state index >= 15 is 0 Å². The number of benzene rings is 3. The number of nitrogens with one attached hydrogen (secondary N) is 1. The van der Waals surface area contributed by atoms with Crippen LogP contribution in [0.25, 0.3) is 0 Å². The summed E-state index contributed by atoms with van der Waals surface area (Å²) in [5.74, 6) is -1.63. The van der Waals surface area contributed by atoms with E-state index in [9.17, 15) is 14.0 Å². The lowest BCUT2D eigenvalue weighted by molar-refractivity contribution is -0.154. The Kier molecular flexibility index (Phi) is 6.39. The van der Waals surface area contributed by atoms with Crippen LogP contribution >= 0.6 is 0 Å². The number of carbonyl (C=O) groups is 2. The van der Waals surface area contributed by atoms with Gasteiger partial charge in [-0.25, -0.2) is 4.39 Å². The first-order valence-corrected chi connectivity index (χ1v) is 9.30. The van der Waals surface area contributed by atoms with Crippen molar-refractivity contribution in [2.75, 3.05) is 5.32 Å². The molecule has 1 N–H and O–H groups in total. The highest BCUT2D eigenvalue weighted by Crippen LogP contribution is 2.23. The van der Waals surface area contributed by atoms with Crippen LogP contribution in [0.1, 0.15) is 28.4 Å². The molecule has 0 aliphatic heterocycles. The van der Waals surface area contributed by atoms with Crippen molar-refractivity contribution in [1.82, 2.24) is 0 Å². The molecule has 148 valence electrons. The van der Waals surface area contributed by atoms with Crippen LogP contribution in [-0.2, 0) is 20.7 Å². The molecule has 0 spiro atoms. The predicted octanol–water partition coefficient (Wildman–Crippen LogP) is 4.91. The van der Waals surface area contributed by atoms with Crippen LogP contribution in [0.15, 0.2) is 72.8 Å². The van der Waals surface area contributed by atoms with E-state index in [0.717, 1.165) is 11.1 Å². The first kappa shape index (κ1) is 20.3. The second kappa shape index (κ2) is 9.15. The molecule has 0 aliphatic carbocycles. The van der Waals surface area contributed by atoms with E-state index in [0.29, 0.717) is 11.3 Å². The minimum Gasteiger partial charge on any atom is -0.447 e. The second-order valence-corrected chi connectivity index (χ2v) is 6.86. The fraction of sp³-hybridized carbons (Fsp3) is 0.167. The quantitative estimate of drug-likeness (QED) is 0.608. The molecular weight excluding hydrogens is 369 g/mol. The van der Waals surface area contributed by atoms with Crippen LogP contribution in [0, 0.1) is 19.7 Å². The Labute approximate surface area is 169 Å². The highest BCUT2D eigenvalue weighted by Gasteiger charge is 2.26. The van der Waals surface area contributed by atoms with E-state index in [1.54, 1.807) is 36.4 Å². The van der Waals surface area contributed by atoms with E-state index < -0.39 is 23.8 Å². The Balaban J connectivity index is 1.81. The lowest BCUT2D eigenvalue weighted by atomic mass is 10.1. The minimum atomic E-state index is -1.14. The van der Waals surface area contributed by atoms with Crippen LogP contribution < -0.4 is 5.32 Å². The molecule has 3 rings (SSSR count). The van der Waals surface area contributed by atoms with Crippen LogP contribution in [0.4, 0.5) is 10.1 Å². The maximum atomic E-state index is 13.9. The van der Waals surface area contributed by atoms with Gasteiger partial charge in [0.25, 0.3) is 5.91 Å². The molecule has 3 aromatic rings. The fourth-order valence-electron chi connectivity index (χ4n) is 2.94. The fourth-order valence-corrected chi connectivity index (χ4v) is 2.94. The number of ether oxygens (including phenoxy) is 1. The van der Waals surface area contributed by atoms with Crippen LogP contribution in [0.2, 0.25) is 0 Å². The molecule has 0 unspecified atom stereocenters. The van der Waals surface area contributed by atoms with E-state index in [4.69, 9.17) is 4.74 Å². The summed E-state index contributed by atoms with van der Waals surface area (Å²) < 4.78 is 19.3. The number of amides is 1. The zero-order valence-electron chi connectivity index (χ0n) is 16.3. The van der Waals surface area contributed by atoms with Gasteiger partial charge in [-0.15, -0.1) is 0 Å². The zero-order valence-corrected chi connectivity index (χ0v) is 16.3. The molecule has 1 amide bonds. The molecule has 0 bridgehead atoms. The molecule has 0 radical (unpaired) electrons. The molecule has 0 saturated heterocycles. The standard InChI is InChI=1S/C24H22FNO3/c1-16-12-13-17(2)21(14-16)26-24(28)23(18-8-4-3-5-9-18)29-22(27)15-19-10-6-7-11-20(19)25/h3-14,23H,15H2,1-2H3,(H,26,28)/t23-/m1/s1. The maximum absolute atomic E-state index is 13.9. The summed E-state index contributed by atoms with van der Waals surface area (Å²) in [5.41, 5.74) is 3.31. The SMILES string of the molecule is Cc1ccc(C)c(NC(=O)[C@H](OC(=O)Cc2ccccc2F)c2ccccc2)c1. The molecule has 0 aromatic heterocycles. The average Bonchev–Trinajstić information content (AvgIpc) is 2.71. The number of rotatable bonds is 6. The van der Waals surface area contributed by atoms with Gasteiger partial charge in [0, 0.05) is 11.3 Å². The van der Waals surface area contributed by atoms with Gasteiger partial charge in [-0.05, 0) is 42.7 Å². The third kappa shape index (κ3) is 5.29. The van der Waals surface area contributed by atoms with Gasteiger partial charge in [-0.3, -0.25) is 9.59 Å². The van der Waals surface area contributed by atoms with Crippen molar-refractivity contribution in [3.63, 3.8) is 0 Å². The molecule has 3 aromatic carbocycles. The molecular formula is C24H22FNO3. The van der Waals surface area contributed by atoms with E-state index in [-0.39, 0.29) is 12.0 Å². The normalized spacial score (nSPS) is 11.6. The third-order valence-electron chi connectivity index (χ3n) is 4.53. The Morgan fingerprint density at radius 3 is 2.38 bits per heavy atom. The maximum Gasteiger partial charge on any atom is 0.311 e. The van der Waals surface area contributed by atoms with E-state index in [2.05, 4.69) is 5.32 Å². The van der Waals surface area contributed by atoms with Gasteiger partial charge in [0.05, 0.1) is 6.42 Å². The Hall–Kier alpha value is -3.47. The van der Waals surface area contributed by atoms with E-state index in [1.807, 2.05) is 38.1 Å². The van der Waals surface area contributed by atoms with Gasteiger partial charge in [-0.2, -0.15) is 0 Å². The Morgan fingerprint density at radius 1 is 0.966 bits per heavy atom. The number of carbonyl (C=O) groups excluding carboxylic acids is 2. The highest BCUT2D eigenvalue weighted by molar-refractivity contribution is 5.96. The molecule has 0 fully saturated rings. The molecule has 0 heterocycles. The summed E-state index contributed by atoms with van der Waals surface area (Å²) in [6, 6.07) is 20.5. The topological polar surface area (TPSA) is 55.4 Å². The van der Waals surface area contributed by atoms with Gasteiger partial charge in [-0.1, -0.05) is 60.7 Å². The lowest BCUT2D eigenvalue weighted by Gasteiger charge is -2.19. The first-order chi connectivity index (χ1) is 13.9. The summed E-state index contributed by atoms with van der Waals surface area (Å²) >= 11 is 0. The van der Waals surface area contributed by atoms with Gasteiger partial charge in [0.2, 0.25) is 6.10 Å². The molecule has 4 nitrogen and oxygen atoms in total. The van der Waals surface area contributed by atoms with Crippen molar-refractivity contribution in [1.29, 1.82) is 0 Å². The second-order valence-electron chi connectivity index (χ2n) is 6.86. The van der Waals surface area contributed by atoms with Crippen LogP contribution in [0.3, 0.4) is 0 Å². The number of anilines is 1. The smallest absolute Gasteiger partial charge is 0.311 e. The van der Waals surface area contributed by atoms with Gasteiger partial charge >= 0.3 is 5.97 Å². The molecule has 29 heavy (non-hydrogen) atoms. The number of hydrogen-bond donors (Lipinski definition) is 1.